The number of hydrogen-bond donors (Lipinski definition) is 0. The molecule has 2 atom stereocenters. The Morgan fingerprint density at radius 1 is 1.32 bits per heavy atom. The van der Waals surface area contributed by atoms with E-state index in [4.69, 9.17) is 4.74 Å². The van der Waals surface area contributed by atoms with Gasteiger partial charge in [0, 0.05) is 11.5 Å². The van der Waals surface area contributed by atoms with E-state index in [0.29, 0.717) is 11.5 Å². The summed E-state index contributed by atoms with van der Waals surface area (Å²) >= 11 is 1.43. The van der Waals surface area contributed by atoms with Gasteiger partial charge in [-0.3, -0.25) is 4.21 Å². The van der Waals surface area contributed by atoms with Crippen molar-refractivity contribution in [2.45, 2.75) is 30.5 Å². The van der Waals surface area contributed by atoms with Gasteiger partial charge in [-0.25, -0.2) is 4.79 Å². The second kappa shape index (κ2) is 5.29. The minimum atomic E-state index is -1.25. The van der Waals surface area contributed by atoms with Crippen LogP contribution in [0.4, 0.5) is 0 Å². The molecule has 3 nitrogen and oxygen atoms in total. The third kappa shape index (κ3) is 2.87. The summed E-state index contributed by atoms with van der Waals surface area (Å²) in [5, 5.41) is 0. The van der Waals surface area contributed by atoms with E-state index >= 15 is 0 Å². The van der Waals surface area contributed by atoms with Crippen LogP contribution in [0, 0.1) is 0 Å². The minimum absolute atomic E-state index is 0.396. The average Bonchev–Trinajstić information content (AvgIpc) is 2.71. The maximum absolute atomic E-state index is 12.6. The highest BCUT2D eigenvalue weighted by atomic mass is 32.2. The number of carbonyl (C=O) groups excluding carboxylic acids is 1. The van der Waals surface area contributed by atoms with Crippen molar-refractivity contribution in [3.8, 4) is 0 Å². The summed E-state index contributed by atoms with van der Waals surface area (Å²) in [6.07, 6.45) is 0. The lowest BCUT2D eigenvalue weighted by Crippen LogP contribution is -2.40. The summed E-state index contributed by atoms with van der Waals surface area (Å²) in [6, 6.07) is 9.30. The Kier molecular flexibility index (Phi) is 4.06. The summed E-state index contributed by atoms with van der Waals surface area (Å²) < 4.78 is 16.8. The lowest BCUT2D eigenvalue weighted by Gasteiger charge is -2.29. The zero-order valence-corrected chi connectivity index (χ0v) is 13.0. The third-order valence-corrected chi connectivity index (χ3v) is 6.72. The number of carbonyl (C=O) groups is 1. The molecule has 1 saturated heterocycles. The number of benzene rings is 1. The van der Waals surface area contributed by atoms with Gasteiger partial charge >= 0.3 is 5.97 Å². The van der Waals surface area contributed by atoms with E-state index in [2.05, 4.69) is 0 Å². The highest BCUT2D eigenvalue weighted by Crippen LogP contribution is 2.46. The van der Waals surface area contributed by atoms with Crippen LogP contribution in [0.15, 0.2) is 30.3 Å². The summed E-state index contributed by atoms with van der Waals surface area (Å²) in [4.78, 5) is 12.6. The number of thioether (sulfide) groups is 1. The van der Waals surface area contributed by atoms with Crippen molar-refractivity contribution in [1.29, 1.82) is 0 Å². The molecule has 0 bridgehead atoms. The van der Waals surface area contributed by atoms with Crippen LogP contribution >= 0.6 is 11.8 Å². The van der Waals surface area contributed by atoms with Crippen molar-refractivity contribution < 1.29 is 13.7 Å². The van der Waals surface area contributed by atoms with E-state index < -0.39 is 26.4 Å². The van der Waals surface area contributed by atoms with Gasteiger partial charge in [0.15, 0.2) is 0 Å². The van der Waals surface area contributed by atoms with Crippen LogP contribution in [0.2, 0.25) is 0 Å². The Morgan fingerprint density at radius 3 is 2.42 bits per heavy atom. The van der Waals surface area contributed by atoms with Crippen molar-refractivity contribution in [2.24, 2.45) is 0 Å². The Bertz CT molecular complexity index is 493. The van der Waals surface area contributed by atoms with Gasteiger partial charge in [0.2, 0.25) is 4.08 Å². The van der Waals surface area contributed by atoms with Crippen molar-refractivity contribution in [3.63, 3.8) is 0 Å². The molecule has 1 fully saturated rings. The van der Waals surface area contributed by atoms with Crippen LogP contribution < -0.4 is 0 Å². The number of rotatable bonds is 2. The fourth-order valence-corrected chi connectivity index (χ4v) is 5.59. The van der Waals surface area contributed by atoms with Gasteiger partial charge in [-0.15, -0.1) is 11.8 Å². The van der Waals surface area contributed by atoms with E-state index in [9.17, 15) is 9.00 Å². The van der Waals surface area contributed by atoms with Crippen LogP contribution in [0.25, 0.3) is 0 Å². The molecular weight excluding hydrogens is 280 g/mol. The Balaban J connectivity index is 2.42. The van der Waals surface area contributed by atoms with Gasteiger partial charge in [0.1, 0.15) is 5.60 Å². The molecule has 5 heteroatoms. The standard InChI is InChI=1S/C14H18O3S2/c1-13(2,3)17-12(15)14(18-9-10-19(14)16)11-7-5-4-6-8-11/h4-8H,9-10H2,1-3H3/t14-,19?/m0/s1. The lowest BCUT2D eigenvalue weighted by atomic mass is 10.1. The molecule has 104 valence electrons. The maximum atomic E-state index is 12.6. The van der Waals surface area contributed by atoms with Gasteiger partial charge in [0.05, 0.1) is 10.8 Å². The Morgan fingerprint density at radius 2 is 1.95 bits per heavy atom. The van der Waals surface area contributed by atoms with Crippen LogP contribution in [0.3, 0.4) is 0 Å². The van der Waals surface area contributed by atoms with Crippen molar-refractivity contribution in [3.05, 3.63) is 35.9 Å². The van der Waals surface area contributed by atoms with E-state index in [1.807, 2.05) is 51.1 Å². The fraction of sp³-hybridized carbons (Fsp3) is 0.500. The predicted octanol–water partition coefficient (Wildman–Crippen LogP) is 2.68. The minimum Gasteiger partial charge on any atom is -0.458 e. The zero-order chi connectivity index (χ0) is 14.1. The van der Waals surface area contributed by atoms with Gasteiger partial charge < -0.3 is 4.74 Å². The maximum Gasteiger partial charge on any atom is 0.340 e. The van der Waals surface area contributed by atoms with Crippen LogP contribution in [0.5, 0.6) is 0 Å². The quantitative estimate of drug-likeness (QED) is 0.787. The topological polar surface area (TPSA) is 43.4 Å². The number of ether oxygens (including phenoxy) is 1. The average molecular weight is 298 g/mol. The molecular formula is C14H18O3S2. The van der Waals surface area contributed by atoms with Crippen molar-refractivity contribution in [2.75, 3.05) is 11.5 Å². The molecule has 0 aromatic heterocycles. The molecule has 1 heterocycles. The summed E-state index contributed by atoms with van der Waals surface area (Å²) in [6.45, 7) is 5.48. The molecule has 0 saturated carbocycles. The first kappa shape index (κ1) is 14.6. The highest BCUT2D eigenvalue weighted by molar-refractivity contribution is 8.15. The van der Waals surface area contributed by atoms with Crippen LogP contribution in [-0.2, 0) is 24.4 Å². The number of hydrogen-bond acceptors (Lipinski definition) is 4. The first-order chi connectivity index (χ1) is 8.86. The Hall–Kier alpha value is -0.810. The molecule has 1 aromatic rings. The second-order valence-corrected chi connectivity index (χ2v) is 8.66. The van der Waals surface area contributed by atoms with Crippen LogP contribution in [-0.4, -0.2) is 27.3 Å². The molecule has 1 unspecified atom stereocenters. The molecule has 1 aliphatic rings. The summed E-state index contributed by atoms with van der Waals surface area (Å²) in [7, 11) is -1.25. The number of esters is 1. The fourth-order valence-electron chi connectivity index (χ4n) is 1.96. The molecule has 0 radical (unpaired) electrons. The normalized spacial score (nSPS) is 27.2. The first-order valence-electron chi connectivity index (χ1n) is 6.18. The van der Waals surface area contributed by atoms with Gasteiger partial charge in [0.25, 0.3) is 0 Å². The first-order valence-corrected chi connectivity index (χ1v) is 8.48. The smallest absolute Gasteiger partial charge is 0.340 e. The molecule has 0 spiro atoms. The van der Waals surface area contributed by atoms with Gasteiger partial charge in [-0.1, -0.05) is 30.3 Å². The molecule has 0 aliphatic carbocycles. The molecule has 2 rings (SSSR count). The lowest BCUT2D eigenvalue weighted by molar-refractivity contribution is -0.155. The second-order valence-electron chi connectivity index (χ2n) is 5.38. The van der Waals surface area contributed by atoms with E-state index in [1.54, 1.807) is 0 Å². The Labute approximate surface area is 120 Å². The van der Waals surface area contributed by atoms with E-state index in [-0.39, 0.29) is 0 Å². The molecule has 1 aliphatic heterocycles. The van der Waals surface area contributed by atoms with Crippen molar-refractivity contribution in [1.82, 2.24) is 0 Å². The third-order valence-electron chi connectivity index (χ3n) is 2.72. The summed E-state index contributed by atoms with van der Waals surface area (Å²) in [5.74, 6) is 0.839. The van der Waals surface area contributed by atoms with Gasteiger partial charge in [-0.2, -0.15) is 0 Å². The van der Waals surface area contributed by atoms with E-state index in [0.717, 1.165) is 5.56 Å². The molecule has 0 amide bonds. The zero-order valence-electron chi connectivity index (χ0n) is 11.3. The molecule has 1 aromatic carbocycles. The highest BCUT2D eigenvalue weighted by Gasteiger charge is 2.52. The van der Waals surface area contributed by atoms with Crippen LogP contribution in [0.1, 0.15) is 26.3 Å². The van der Waals surface area contributed by atoms with Crippen molar-refractivity contribution >= 4 is 28.5 Å². The molecule has 19 heavy (non-hydrogen) atoms. The van der Waals surface area contributed by atoms with E-state index in [1.165, 1.54) is 11.8 Å². The monoisotopic (exact) mass is 298 g/mol. The molecule has 0 N–H and O–H groups in total. The van der Waals surface area contributed by atoms with Gasteiger partial charge in [-0.05, 0) is 26.3 Å². The predicted molar refractivity (Wildman–Crippen MR) is 79.4 cm³/mol. The largest absolute Gasteiger partial charge is 0.458 e. The SMILES string of the molecule is CC(C)(C)OC(=O)[C@@]1(c2ccccc2)SCCS1=O. The summed E-state index contributed by atoms with van der Waals surface area (Å²) in [5.41, 5.74) is 0.191.